The summed E-state index contributed by atoms with van der Waals surface area (Å²) in [6.45, 7) is 3.98. The molecule has 0 aromatic heterocycles. The van der Waals surface area contributed by atoms with E-state index in [4.69, 9.17) is 0 Å². The zero-order valence-corrected chi connectivity index (χ0v) is 7.40. The first-order valence-corrected chi connectivity index (χ1v) is 4.81. The van der Waals surface area contributed by atoms with E-state index in [0.717, 1.165) is 5.57 Å². The van der Waals surface area contributed by atoms with Crippen LogP contribution in [0.25, 0.3) is 0 Å². The molecule has 0 spiro atoms. The summed E-state index contributed by atoms with van der Waals surface area (Å²) in [4.78, 5) is 10.8. The first-order chi connectivity index (χ1) is 5.09. The molecule has 1 rings (SSSR count). The largest absolute Gasteiger partial charge is 0.271 e. The number of nitrogens with one attached hydrogen (secondary N) is 1. The summed E-state index contributed by atoms with van der Waals surface area (Å²) < 4.78 is 13.2. The van der Waals surface area contributed by atoms with Crippen LogP contribution in [0.5, 0.6) is 0 Å². The van der Waals surface area contributed by atoms with Crippen LogP contribution in [0, 0.1) is 5.92 Å². The van der Waals surface area contributed by atoms with Gasteiger partial charge in [-0.2, -0.15) is 0 Å². The van der Waals surface area contributed by atoms with E-state index in [1.54, 1.807) is 0 Å². The van der Waals surface area contributed by atoms with Gasteiger partial charge in [0.15, 0.2) is 0 Å². The lowest BCUT2D eigenvalue weighted by molar-refractivity contribution is -0.114. The van der Waals surface area contributed by atoms with E-state index >= 15 is 0 Å². The van der Waals surface area contributed by atoms with E-state index in [9.17, 15) is 9.00 Å². The van der Waals surface area contributed by atoms with Crippen LogP contribution >= 0.6 is 0 Å². The Morgan fingerprint density at radius 3 is 2.73 bits per heavy atom. The molecule has 0 aromatic carbocycles. The predicted octanol–water partition coefficient (Wildman–Crippen LogP) is 0.362. The molecule has 1 atom stereocenters. The van der Waals surface area contributed by atoms with Gasteiger partial charge < -0.3 is 0 Å². The maximum Gasteiger partial charge on any atom is 0.255 e. The standard InChI is InChI=1S/C7H11NO2S/c1-5(2)6-3-7(9)8-11(10)4-6/h3,5H,4H2,1-2H3,(H,8,9). The molecule has 1 aliphatic rings. The Balaban J connectivity index is 2.80. The van der Waals surface area contributed by atoms with Crippen molar-refractivity contribution in [2.75, 3.05) is 5.75 Å². The predicted molar refractivity (Wildman–Crippen MR) is 44.1 cm³/mol. The minimum Gasteiger partial charge on any atom is -0.271 e. The van der Waals surface area contributed by atoms with Crippen LogP contribution in [-0.4, -0.2) is 15.9 Å². The average molecular weight is 173 g/mol. The number of carbonyl (C=O) groups is 1. The van der Waals surface area contributed by atoms with E-state index in [1.165, 1.54) is 6.08 Å². The number of rotatable bonds is 1. The van der Waals surface area contributed by atoms with Crippen molar-refractivity contribution in [2.24, 2.45) is 5.92 Å². The SMILES string of the molecule is CC(C)C1=CC(=O)NS(=O)C1. The molecule has 0 aromatic rings. The number of hydrogen-bond donors (Lipinski definition) is 1. The molecule has 4 heteroatoms. The van der Waals surface area contributed by atoms with Crippen LogP contribution in [0.2, 0.25) is 0 Å². The van der Waals surface area contributed by atoms with E-state index in [0.29, 0.717) is 11.7 Å². The molecule has 1 heterocycles. The molecular weight excluding hydrogens is 162 g/mol. The Morgan fingerprint density at radius 2 is 2.27 bits per heavy atom. The molecule has 1 N–H and O–H groups in total. The third-order valence-electron chi connectivity index (χ3n) is 1.57. The molecule has 0 saturated carbocycles. The van der Waals surface area contributed by atoms with Crippen LogP contribution in [0.15, 0.2) is 11.6 Å². The Morgan fingerprint density at radius 1 is 1.64 bits per heavy atom. The van der Waals surface area contributed by atoms with Crippen molar-refractivity contribution in [2.45, 2.75) is 13.8 Å². The Kier molecular flexibility index (Phi) is 2.44. The van der Waals surface area contributed by atoms with E-state index in [1.807, 2.05) is 13.8 Å². The Bertz CT molecular complexity index is 233. The van der Waals surface area contributed by atoms with Crippen LogP contribution < -0.4 is 4.72 Å². The molecule has 0 radical (unpaired) electrons. The first-order valence-electron chi connectivity index (χ1n) is 3.49. The van der Waals surface area contributed by atoms with Gasteiger partial charge in [-0.15, -0.1) is 0 Å². The van der Waals surface area contributed by atoms with Gasteiger partial charge in [0.1, 0.15) is 11.0 Å². The lowest BCUT2D eigenvalue weighted by Gasteiger charge is -2.15. The van der Waals surface area contributed by atoms with Crippen molar-refractivity contribution >= 4 is 16.9 Å². The number of carbonyl (C=O) groups excluding carboxylic acids is 1. The zero-order chi connectivity index (χ0) is 8.43. The topological polar surface area (TPSA) is 46.2 Å². The van der Waals surface area contributed by atoms with Crippen molar-refractivity contribution < 1.29 is 9.00 Å². The van der Waals surface area contributed by atoms with Gasteiger partial charge in [0.2, 0.25) is 0 Å². The molecule has 0 bridgehead atoms. The zero-order valence-electron chi connectivity index (χ0n) is 6.59. The van der Waals surface area contributed by atoms with Gasteiger partial charge in [-0.1, -0.05) is 13.8 Å². The highest BCUT2D eigenvalue weighted by atomic mass is 32.2. The van der Waals surface area contributed by atoms with Crippen LogP contribution in [-0.2, 0) is 15.8 Å². The normalized spacial score (nSPS) is 24.8. The number of hydrogen-bond acceptors (Lipinski definition) is 2. The van der Waals surface area contributed by atoms with Gasteiger partial charge in [0, 0.05) is 6.08 Å². The van der Waals surface area contributed by atoms with E-state index < -0.39 is 11.0 Å². The molecule has 0 aliphatic carbocycles. The number of amides is 1. The molecule has 1 unspecified atom stereocenters. The summed E-state index contributed by atoms with van der Waals surface area (Å²) in [6.07, 6.45) is 1.53. The van der Waals surface area contributed by atoms with Crippen LogP contribution in [0.4, 0.5) is 0 Å². The highest BCUT2D eigenvalue weighted by Crippen LogP contribution is 2.12. The quantitative estimate of drug-likeness (QED) is 0.622. The van der Waals surface area contributed by atoms with Crippen molar-refractivity contribution in [3.8, 4) is 0 Å². The third kappa shape index (κ3) is 2.15. The Hall–Kier alpha value is -0.640. The first kappa shape index (κ1) is 8.46. The fourth-order valence-corrected chi connectivity index (χ4v) is 1.95. The van der Waals surface area contributed by atoms with Crippen molar-refractivity contribution in [3.63, 3.8) is 0 Å². The smallest absolute Gasteiger partial charge is 0.255 e. The molecule has 11 heavy (non-hydrogen) atoms. The minimum absolute atomic E-state index is 0.238. The summed E-state index contributed by atoms with van der Waals surface area (Å²) in [5, 5.41) is 0. The van der Waals surface area contributed by atoms with Crippen molar-refractivity contribution in [3.05, 3.63) is 11.6 Å². The van der Waals surface area contributed by atoms with Gasteiger partial charge in [-0.25, -0.2) is 4.21 Å². The van der Waals surface area contributed by atoms with Gasteiger partial charge >= 0.3 is 0 Å². The molecule has 1 amide bonds. The summed E-state index contributed by atoms with van der Waals surface area (Å²) in [5.74, 6) is 0.548. The molecule has 62 valence electrons. The Labute approximate surface area is 68.5 Å². The van der Waals surface area contributed by atoms with Crippen LogP contribution in [0.1, 0.15) is 13.8 Å². The summed E-state index contributed by atoms with van der Waals surface area (Å²) in [7, 11) is -1.19. The molecule has 3 nitrogen and oxygen atoms in total. The summed E-state index contributed by atoms with van der Waals surface area (Å²) in [5.41, 5.74) is 0.965. The maximum absolute atomic E-state index is 10.9. The monoisotopic (exact) mass is 173 g/mol. The maximum atomic E-state index is 10.9. The second-order valence-electron chi connectivity index (χ2n) is 2.83. The second-order valence-corrected chi connectivity index (χ2v) is 4.01. The van der Waals surface area contributed by atoms with Gasteiger partial charge in [0.05, 0.1) is 5.75 Å². The molecule has 1 aliphatic heterocycles. The van der Waals surface area contributed by atoms with Crippen molar-refractivity contribution in [1.29, 1.82) is 0 Å². The minimum atomic E-state index is -1.19. The molecule has 0 fully saturated rings. The van der Waals surface area contributed by atoms with E-state index in [2.05, 4.69) is 4.72 Å². The van der Waals surface area contributed by atoms with Crippen LogP contribution in [0.3, 0.4) is 0 Å². The van der Waals surface area contributed by atoms with Gasteiger partial charge in [0.25, 0.3) is 5.91 Å². The van der Waals surface area contributed by atoms with E-state index in [-0.39, 0.29) is 5.91 Å². The molecule has 0 saturated heterocycles. The average Bonchev–Trinajstić information content (AvgIpc) is 1.85. The van der Waals surface area contributed by atoms with Gasteiger partial charge in [-0.3, -0.25) is 9.52 Å². The molecular formula is C7H11NO2S. The highest BCUT2D eigenvalue weighted by Gasteiger charge is 2.16. The highest BCUT2D eigenvalue weighted by molar-refractivity contribution is 7.83. The van der Waals surface area contributed by atoms with Crippen molar-refractivity contribution in [1.82, 2.24) is 4.72 Å². The van der Waals surface area contributed by atoms with Gasteiger partial charge in [-0.05, 0) is 11.5 Å². The fourth-order valence-electron chi connectivity index (χ4n) is 0.873. The summed E-state index contributed by atoms with van der Waals surface area (Å²) in [6, 6.07) is 0. The second kappa shape index (κ2) is 3.17. The summed E-state index contributed by atoms with van der Waals surface area (Å²) >= 11 is 0. The fraction of sp³-hybridized carbons (Fsp3) is 0.571. The lowest BCUT2D eigenvalue weighted by atomic mass is 10.1. The lowest BCUT2D eigenvalue weighted by Crippen LogP contribution is -2.32. The third-order valence-corrected chi connectivity index (χ3v) is 2.59.